The van der Waals surface area contributed by atoms with Crippen LogP contribution < -0.4 is 5.32 Å². The van der Waals surface area contributed by atoms with E-state index in [1.165, 1.54) is 0 Å². The van der Waals surface area contributed by atoms with E-state index in [1.54, 1.807) is 4.31 Å². The van der Waals surface area contributed by atoms with E-state index in [0.717, 1.165) is 24.2 Å². The third-order valence-corrected chi connectivity index (χ3v) is 5.54. The van der Waals surface area contributed by atoms with Crippen molar-refractivity contribution in [3.8, 4) is 0 Å². The smallest absolute Gasteiger partial charge is 0.218 e. The molecular weight excluding hydrogens is 288 g/mol. The van der Waals surface area contributed by atoms with Crippen molar-refractivity contribution < 1.29 is 13.2 Å². The zero-order valence-corrected chi connectivity index (χ0v) is 13.5. The molecule has 1 saturated heterocycles. The molecule has 0 aliphatic carbocycles. The van der Waals surface area contributed by atoms with E-state index in [2.05, 4.69) is 5.32 Å². The summed E-state index contributed by atoms with van der Waals surface area (Å²) in [7, 11) is -3.29. The van der Waals surface area contributed by atoms with Gasteiger partial charge in [-0.3, -0.25) is 0 Å². The third-order valence-electron chi connectivity index (χ3n) is 3.58. The Morgan fingerprint density at radius 2 is 2.14 bits per heavy atom. The van der Waals surface area contributed by atoms with Gasteiger partial charge in [-0.1, -0.05) is 31.2 Å². The van der Waals surface area contributed by atoms with Gasteiger partial charge in [-0.15, -0.1) is 0 Å². The molecule has 1 N–H and O–H groups in total. The normalized spacial score (nSPS) is 20.6. The molecule has 1 aromatic carbocycles. The summed E-state index contributed by atoms with van der Waals surface area (Å²) in [6, 6.07) is 7.67. The molecule has 0 saturated carbocycles. The lowest BCUT2D eigenvalue weighted by molar-refractivity contribution is 0.0392. The summed E-state index contributed by atoms with van der Waals surface area (Å²) in [6.07, 6.45) is 0. The third kappa shape index (κ3) is 4.51. The van der Waals surface area contributed by atoms with E-state index >= 15 is 0 Å². The lowest BCUT2D eigenvalue weighted by Gasteiger charge is -2.32. The number of ether oxygens (including phenoxy) is 1. The molecule has 21 heavy (non-hydrogen) atoms. The molecule has 118 valence electrons. The van der Waals surface area contributed by atoms with Gasteiger partial charge in [0.15, 0.2) is 0 Å². The largest absolute Gasteiger partial charge is 0.378 e. The van der Waals surface area contributed by atoms with Crippen LogP contribution in [0.2, 0.25) is 0 Å². The molecular formula is C15H24N2O3S. The summed E-state index contributed by atoms with van der Waals surface area (Å²) in [5.41, 5.74) is 1.95. The monoisotopic (exact) mass is 312 g/mol. The molecule has 6 heteroatoms. The standard InChI is InChI=1S/C15H24N2O3S/c1-3-16-10-14-5-4-6-15(9-14)12-21(18,19)17-7-8-20-11-13(17)2/h4-6,9,13,16H,3,7-8,10-12H2,1-2H3. The molecule has 0 radical (unpaired) electrons. The second kappa shape index (κ2) is 7.35. The van der Waals surface area contributed by atoms with Crippen molar-refractivity contribution >= 4 is 10.0 Å². The van der Waals surface area contributed by atoms with Crippen LogP contribution in [-0.2, 0) is 27.1 Å². The van der Waals surface area contributed by atoms with Crippen molar-refractivity contribution in [2.24, 2.45) is 0 Å². The maximum Gasteiger partial charge on any atom is 0.218 e. The Morgan fingerprint density at radius 1 is 1.38 bits per heavy atom. The summed E-state index contributed by atoms with van der Waals surface area (Å²) in [6.45, 7) is 6.99. The van der Waals surface area contributed by atoms with Crippen LogP contribution >= 0.6 is 0 Å². The van der Waals surface area contributed by atoms with Crippen molar-refractivity contribution in [1.29, 1.82) is 0 Å². The Labute approximate surface area is 127 Å². The number of benzene rings is 1. The lowest BCUT2D eigenvalue weighted by Crippen LogP contribution is -2.47. The summed E-state index contributed by atoms with van der Waals surface area (Å²) < 4.78 is 32.0. The highest BCUT2D eigenvalue weighted by Crippen LogP contribution is 2.17. The van der Waals surface area contributed by atoms with Crippen molar-refractivity contribution in [2.75, 3.05) is 26.3 Å². The molecule has 2 rings (SSSR count). The quantitative estimate of drug-likeness (QED) is 0.861. The van der Waals surface area contributed by atoms with Crippen molar-refractivity contribution in [3.05, 3.63) is 35.4 Å². The number of nitrogens with zero attached hydrogens (tertiary/aromatic N) is 1. The average molecular weight is 312 g/mol. The van der Waals surface area contributed by atoms with Gasteiger partial charge in [0.2, 0.25) is 10.0 Å². The molecule has 1 unspecified atom stereocenters. The molecule has 1 aliphatic rings. The van der Waals surface area contributed by atoms with Crippen LogP contribution in [0.25, 0.3) is 0 Å². The number of rotatable bonds is 6. The first-order valence-electron chi connectivity index (χ1n) is 7.38. The molecule has 0 amide bonds. The van der Waals surface area contributed by atoms with E-state index in [4.69, 9.17) is 4.74 Å². The lowest BCUT2D eigenvalue weighted by atomic mass is 10.1. The molecule has 1 heterocycles. The van der Waals surface area contributed by atoms with Crippen LogP contribution in [-0.4, -0.2) is 45.1 Å². The van der Waals surface area contributed by atoms with Crippen LogP contribution in [0.5, 0.6) is 0 Å². The number of sulfonamides is 1. The van der Waals surface area contributed by atoms with Crippen LogP contribution in [0.4, 0.5) is 0 Å². The molecule has 0 spiro atoms. The Kier molecular flexibility index (Phi) is 5.75. The number of hydrogen-bond donors (Lipinski definition) is 1. The second-order valence-electron chi connectivity index (χ2n) is 5.39. The van der Waals surface area contributed by atoms with Crippen molar-refractivity contribution in [2.45, 2.75) is 32.2 Å². The Hall–Kier alpha value is -0.950. The van der Waals surface area contributed by atoms with E-state index in [-0.39, 0.29) is 11.8 Å². The van der Waals surface area contributed by atoms with Gasteiger partial charge in [-0.2, -0.15) is 4.31 Å². The molecule has 1 atom stereocenters. The van der Waals surface area contributed by atoms with Crippen LogP contribution in [0.1, 0.15) is 25.0 Å². The summed E-state index contributed by atoms with van der Waals surface area (Å²) >= 11 is 0. The van der Waals surface area contributed by atoms with E-state index in [9.17, 15) is 8.42 Å². The number of nitrogens with one attached hydrogen (secondary N) is 1. The minimum Gasteiger partial charge on any atom is -0.378 e. The minimum atomic E-state index is -3.29. The average Bonchev–Trinajstić information content (AvgIpc) is 2.45. The topological polar surface area (TPSA) is 58.6 Å². The number of morpholine rings is 1. The molecule has 5 nitrogen and oxygen atoms in total. The predicted molar refractivity (Wildman–Crippen MR) is 83.4 cm³/mol. The van der Waals surface area contributed by atoms with Gasteiger partial charge < -0.3 is 10.1 Å². The fraction of sp³-hybridized carbons (Fsp3) is 0.600. The van der Waals surface area contributed by atoms with Crippen LogP contribution in [0.3, 0.4) is 0 Å². The first-order chi connectivity index (χ1) is 10.0. The van der Waals surface area contributed by atoms with Crippen LogP contribution in [0.15, 0.2) is 24.3 Å². The molecule has 1 fully saturated rings. The maximum atomic E-state index is 12.5. The first kappa shape index (κ1) is 16.4. The molecule has 0 aromatic heterocycles. The van der Waals surface area contributed by atoms with Gasteiger partial charge >= 0.3 is 0 Å². The number of hydrogen-bond acceptors (Lipinski definition) is 4. The highest BCUT2D eigenvalue weighted by Gasteiger charge is 2.30. The van der Waals surface area contributed by atoms with Crippen molar-refractivity contribution in [3.63, 3.8) is 0 Å². The van der Waals surface area contributed by atoms with Gasteiger partial charge in [-0.25, -0.2) is 8.42 Å². The second-order valence-corrected chi connectivity index (χ2v) is 7.31. The van der Waals surface area contributed by atoms with Crippen molar-refractivity contribution in [1.82, 2.24) is 9.62 Å². The zero-order valence-electron chi connectivity index (χ0n) is 12.7. The summed E-state index contributed by atoms with van der Waals surface area (Å²) in [4.78, 5) is 0. The molecule has 1 aliphatic heterocycles. The SMILES string of the molecule is CCNCc1cccc(CS(=O)(=O)N2CCOCC2C)c1. The van der Waals surface area contributed by atoms with Gasteiger partial charge in [0, 0.05) is 19.1 Å². The highest BCUT2D eigenvalue weighted by atomic mass is 32.2. The summed E-state index contributed by atoms with van der Waals surface area (Å²) in [5.74, 6) is 0.0529. The van der Waals surface area contributed by atoms with E-state index in [0.29, 0.717) is 19.8 Å². The maximum absolute atomic E-state index is 12.5. The van der Waals surface area contributed by atoms with Gasteiger partial charge in [-0.05, 0) is 24.6 Å². The molecule has 1 aromatic rings. The Balaban J connectivity index is 2.09. The minimum absolute atomic E-state index is 0.0529. The fourth-order valence-corrected chi connectivity index (χ4v) is 4.25. The van der Waals surface area contributed by atoms with Crippen LogP contribution in [0, 0.1) is 0 Å². The van der Waals surface area contributed by atoms with Gasteiger partial charge in [0.05, 0.1) is 19.0 Å². The Bertz CT molecular complexity index is 560. The highest BCUT2D eigenvalue weighted by molar-refractivity contribution is 7.88. The fourth-order valence-electron chi connectivity index (χ4n) is 2.52. The Morgan fingerprint density at radius 3 is 2.86 bits per heavy atom. The van der Waals surface area contributed by atoms with E-state index in [1.807, 2.05) is 38.1 Å². The predicted octanol–water partition coefficient (Wildman–Crippen LogP) is 1.35. The molecule has 0 bridgehead atoms. The van der Waals surface area contributed by atoms with Gasteiger partial charge in [0.1, 0.15) is 0 Å². The summed E-state index contributed by atoms with van der Waals surface area (Å²) in [5, 5.41) is 3.25. The first-order valence-corrected chi connectivity index (χ1v) is 8.99. The van der Waals surface area contributed by atoms with E-state index < -0.39 is 10.0 Å². The van der Waals surface area contributed by atoms with Gasteiger partial charge in [0.25, 0.3) is 0 Å². The zero-order chi connectivity index (χ0) is 15.3.